The third kappa shape index (κ3) is 1.87. The third-order valence-electron chi connectivity index (χ3n) is 3.20. The van der Waals surface area contributed by atoms with E-state index in [0.717, 1.165) is 35.5 Å². The number of hydrogen-bond acceptors (Lipinski definition) is 2. The van der Waals surface area contributed by atoms with Crippen molar-refractivity contribution in [1.82, 2.24) is 14.9 Å². The fourth-order valence-electron chi connectivity index (χ4n) is 2.33. The van der Waals surface area contributed by atoms with Gasteiger partial charge in [-0.2, -0.15) is 0 Å². The molecule has 0 radical (unpaired) electrons. The lowest BCUT2D eigenvalue weighted by Crippen LogP contribution is -2.13. The number of fused-ring (bicyclic) bond motifs is 1. The van der Waals surface area contributed by atoms with Crippen LogP contribution in [0.25, 0.3) is 11.0 Å². The minimum absolute atomic E-state index is 0.751. The number of halogens is 1. The predicted molar refractivity (Wildman–Crippen MR) is 68.4 cm³/mol. The van der Waals surface area contributed by atoms with E-state index < -0.39 is 0 Å². The van der Waals surface area contributed by atoms with Gasteiger partial charge in [0.15, 0.2) is 0 Å². The van der Waals surface area contributed by atoms with Gasteiger partial charge in [0, 0.05) is 11.0 Å². The molecule has 0 aliphatic carbocycles. The molecule has 1 saturated heterocycles. The molecule has 16 heavy (non-hydrogen) atoms. The summed E-state index contributed by atoms with van der Waals surface area (Å²) in [5.74, 6) is 0.751. The first kappa shape index (κ1) is 10.3. The standard InChI is InChI=1S/C12H14BrN3/c13-10-1-2-12-11(5-10)15-8-16(12)7-9-3-4-14-6-9/h1-2,5,8-9,14H,3-4,6-7H2. The Bertz CT molecular complexity index is 500. The fraction of sp³-hybridized carbons (Fsp3) is 0.417. The minimum atomic E-state index is 0.751. The Kier molecular flexibility index (Phi) is 2.69. The second-order valence-electron chi connectivity index (χ2n) is 4.39. The summed E-state index contributed by atoms with van der Waals surface area (Å²) in [6.45, 7) is 3.37. The Morgan fingerprint density at radius 3 is 3.25 bits per heavy atom. The average molecular weight is 280 g/mol. The van der Waals surface area contributed by atoms with E-state index in [1.165, 1.54) is 11.9 Å². The van der Waals surface area contributed by atoms with Crippen LogP contribution in [0.1, 0.15) is 6.42 Å². The van der Waals surface area contributed by atoms with Crippen LogP contribution in [0.5, 0.6) is 0 Å². The average Bonchev–Trinajstić information content (AvgIpc) is 2.89. The number of imidazole rings is 1. The molecule has 0 bridgehead atoms. The van der Waals surface area contributed by atoms with Gasteiger partial charge >= 0.3 is 0 Å². The molecule has 1 aliphatic rings. The SMILES string of the molecule is Brc1ccc2c(c1)ncn2CC1CCNC1. The van der Waals surface area contributed by atoms with Crippen LogP contribution in [-0.4, -0.2) is 22.6 Å². The van der Waals surface area contributed by atoms with Gasteiger partial charge in [-0.05, 0) is 43.6 Å². The van der Waals surface area contributed by atoms with Gasteiger partial charge in [0.05, 0.1) is 17.4 Å². The largest absolute Gasteiger partial charge is 0.330 e. The molecule has 1 fully saturated rings. The second kappa shape index (κ2) is 4.18. The Balaban J connectivity index is 1.91. The van der Waals surface area contributed by atoms with Crippen LogP contribution in [0.3, 0.4) is 0 Å². The summed E-state index contributed by atoms with van der Waals surface area (Å²) in [5, 5.41) is 3.40. The molecule has 0 amide bonds. The summed E-state index contributed by atoms with van der Waals surface area (Å²) in [7, 11) is 0. The van der Waals surface area contributed by atoms with E-state index in [9.17, 15) is 0 Å². The zero-order valence-corrected chi connectivity index (χ0v) is 10.6. The van der Waals surface area contributed by atoms with Crippen LogP contribution in [0.4, 0.5) is 0 Å². The Hall–Kier alpha value is -0.870. The highest BCUT2D eigenvalue weighted by atomic mass is 79.9. The first-order chi connectivity index (χ1) is 7.83. The highest BCUT2D eigenvalue weighted by molar-refractivity contribution is 9.10. The molecule has 4 heteroatoms. The van der Waals surface area contributed by atoms with Crippen molar-refractivity contribution in [2.45, 2.75) is 13.0 Å². The van der Waals surface area contributed by atoms with Crippen LogP contribution >= 0.6 is 15.9 Å². The summed E-state index contributed by atoms with van der Waals surface area (Å²) in [6, 6.07) is 6.28. The molecule has 1 aliphatic heterocycles. The van der Waals surface area contributed by atoms with Gasteiger partial charge in [0.2, 0.25) is 0 Å². The number of nitrogens with zero attached hydrogens (tertiary/aromatic N) is 2. The molecule has 84 valence electrons. The monoisotopic (exact) mass is 279 g/mol. The van der Waals surface area contributed by atoms with Crippen molar-refractivity contribution in [1.29, 1.82) is 0 Å². The van der Waals surface area contributed by atoms with Gasteiger partial charge in [-0.25, -0.2) is 4.98 Å². The van der Waals surface area contributed by atoms with E-state index in [1.54, 1.807) is 0 Å². The second-order valence-corrected chi connectivity index (χ2v) is 5.30. The number of hydrogen-bond donors (Lipinski definition) is 1. The maximum absolute atomic E-state index is 4.43. The summed E-state index contributed by atoms with van der Waals surface area (Å²) in [4.78, 5) is 4.43. The van der Waals surface area contributed by atoms with Crippen molar-refractivity contribution < 1.29 is 0 Å². The number of benzene rings is 1. The number of nitrogens with one attached hydrogen (secondary N) is 1. The van der Waals surface area contributed by atoms with Crippen LogP contribution in [0, 0.1) is 5.92 Å². The highest BCUT2D eigenvalue weighted by Crippen LogP contribution is 2.20. The maximum Gasteiger partial charge on any atom is 0.0958 e. The van der Waals surface area contributed by atoms with Gasteiger partial charge in [0.1, 0.15) is 0 Å². The van der Waals surface area contributed by atoms with E-state index >= 15 is 0 Å². The van der Waals surface area contributed by atoms with E-state index in [-0.39, 0.29) is 0 Å². The first-order valence-corrected chi connectivity index (χ1v) is 6.43. The maximum atomic E-state index is 4.43. The highest BCUT2D eigenvalue weighted by Gasteiger charge is 2.15. The van der Waals surface area contributed by atoms with E-state index in [2.05, 4.69) is 49.0 Å². The summed E-state index contributed by atoms with van der Waals surface area (Å²) < 4.78 is 3.35. The Morgan fingerprint density at radius 2 is 2.44 bits per heavy atom. The molecule has 3 rings (SSSR count). The summed E-state index contributed by atoms with van der Waals surface area (Å²) in [6.07, 6.45) is 3.23. The Morgan fingerprint density at radius 1 is 1.50 bits per heavy atom. The van der Waals surface area contributed by atoms with E-state index in [0.29, 0.717) is 0 Å². The minimum Gasteiger partial charge on any atom is -0.330 e. The zero-order valence-electron chi connectivity index (χ0n) is 8.99. The van der Waals surface area contributed by atoms with Crippen LogP contribution in [0.2, 0.25) is 0 Å². The van der Waals surface area contributed by atoms with Gasteiger partial charge in [0.25, 0.3) is 0 Å². The Labute approximate surface area is 103 Å². The molecule has 1 aromatic carbocycles. The summed E-state index contributed by atoms with van der Waals surface area (Å²) in [5.41, 5.74) is 2.30. The van der Waals surface area contributed by atoms with Crippen molar-refractivity contribution >= 4 is 27.0 Å². The van der Waals surface area contributed by atoms with Crippen molar-refractivity contribution in [2.75, 3.05) is 13.1 Å². The molecule has 3 nitrogen and oxygen atoms in total. The number of aromatic nitrogens is 2. The van der Waals surface area contributed by atoms with Crippen molar-refractivity contribution in [2.24, 2.45) is 5.92 Å². The number of rotatable bonds is 2. The summed E-state index contributed by atoms with van der Waals surface area (Å²) >= 11 is 3.47. The predicted octanol–water partition coefficient (Wildman–Crippen LogP) is 2.41. The van der Waals surface area contributed by atoms with Crippen molar-refractivity contribution in [3.63, 3.8) is 0 Å². The topological polar surface area (TPSA) is 29.9 Å². The molecule has 0 saturated carbocycles. The van der Waals surface area contributed by atoms with Crippen molar-refractivity contribution in [3.05, 3.63) is 29.0 Å². The van der Waals surface area contributed by atoms with Gasteiger partial charge < -0.3 is 9.88 Å². The fourth-order valence-corrected chi connectivity index (χ4v) is 2.68. The third-order valence-corrected chi connectivity index (χ3v) is 3.69. The van der Waals surface area contributed by atoms with Crippen LogP contribution < -0.4 is 5.32 Å². The lowest BCUT2D eigenvalue weighted by Gasteiger charge is -2.09. The first-order valence-electron chi connectivity index (χ1n) is 5.64. The van der Waals surface area contributed by atoms with E-state index in [4.69, 9.17) is 0 Å². The van der Waals surface area contributed by atoms with E-state index in [1.807, 2.05) is 6.33 Å². The van der Waals surface area contributed by atoms with Crippen molar-refractivity contribution in [3.8, 4) is 0 Å². The molecule has 1 atom stereocenters. The van der Waals surface area contributed by atoms with Gasteiger partial charge in [-0.3, -0.25) is 0 Å². The lowest BCUT2D eigenvalue weighted by molar-refractivity contribution is 0.489. The molecule has 2 heterocycles. The molecule has 2 aromatic rings. The molecule has 1 unspecified atom stereocenters. The molecular weight excluding hydrogens is 266 g/mol. The zero-order chi connectivity index (χ0) is 11.0. The van der Waals surface area contributed by atoms with Gasteiger partial charge in [-0.1, -0.05) is 15.9 Å². The molecule has 0 spiro atoms. The smallest absolute Gasteiger partial charge is 0.0958 e. The van der Waals surface area contributed by atoms with Crippen LogP contribution in [-0.2, 0) is 6.54 Å². The molecule has 1 aromatic heterocycles. The quantitative estimate of drug-likeness (QED) is 0.915. The lowest BCUT2D eigenvalue weighted by atomic mass is 10.1. The van der Waals surface area contributed by atoms with Gasteiger partial charge in [-0.15, -0.1) is 0 Å². The molecule has 1 N–H and O–H groups in total. The normalized spacial score (nSPS) is 20.7. The van der Waals surface area contributed by atoms with Crippen LogP contribution in [0.15, 0.2) is 29.0 Å². The molecular formula is C12H14BrN3.